The van der Waals surface area contributed by atoms with Gasteiger partial charge < -0.3 is 4.74 Å². The van der Waals surface area contributed by atoms with Crippen molar-refractivity contribution < 1.29 is 17.9 Å². The molecule has 0 aliphatic rings. The molecule has 6 nitrogen and oxygen atoms in total. The average Bonchev–Trinajstić information content (AvgIpc) is 2.85. The minimum atomic E-state index is -3.91. The number of nitrogens with zero attached hydrogens (tertiary/aromatic N) is 1. The van der Waals surface area contributed by atoms with E-state index < -0.39 is 15.9 Å². The summed E-state index contributed by atoms with van der Waals surface area (Å²) >= 11 is 1.28. The van der Waals surface area contributed by atoms with Gasteiger partial charge >= 0.3 is 0 Å². The molecule has 8 heteroatoms. The summed E-state index contributed by atoms with van der Waals surface area (Å²) in [5.41, 5.74) is 0.0876. The number of carbonyl (C=O) groups excluding carboxylic acids is 1. The molecule has 0 aliphatic heterocycles. The highest BCUT2D eigenvalue weighted by Gasteiger charge is 2.20. The maximum Gasteiger partial charge on any atom is 0.284 e. The molecule has 0 aliphatic carbocycles. The molecule has 1 aromatic carbocycles. The number of nitrogens with one attached hydrogen (secondary N) is 1. The van der Waals surface area contributed by atoms with Crippen LogP contribution in [0.1, 0.15) is 15.5 Å². The fourth-order valence-corrected chi connectivity index (χ4v) is 3.01. The van der Waals surface area contributed by atoms with Gasteiger partial charge in [0.2, 0.25) is 0 Å². The largest absolute Gasteiger partial charge is 0.497 e. The van der Waals surface area contributed by atoms with Crippen LogP contribution in [0.25, 0.3) is 0 Å². The Kier molecular flexibility index (Phi) is 4.05. The summed E-state index contributed by atoms with van der Waals surface area (Å²) in [6.07, 6.45) is 0. The molecule has 0 radical (unpaired) electrons. The van der Waals surface area contributed by atoms with Crippen LogP contribution in [-0.2, 0) is 10.0 Å². The molecule has 2 rings (SSSR count). The smallest absolute Gasteiger partial charge is 0.284 e. The van der Waals surface area contributed by atoms with E-state index in [1.807, 2.05) is 4.72 Å². The van der Waals surface area contributed by atoms with Gasteiger partial charge in [0.05, 0.1) is 17.0 Å². The SMILES string of the molecule is COc1ccc(S(=O)(=O)NC(=O)c2csc(C)n2)cc1. The molecule has 0 atom stereocenters. The lowest BCUT2D eigenvalue weighted by Gasteiger charge is -2.06. The number of methoxy groups -OCH3 is 1. The molecule has 0 saturated carbocycles. The molecular weight excluding hydrogens is 300 g/mol. The zero-order chi connectivity index (χ0) is 14.8. The van der Waals surface area contributed by atoms with Crippen molar-refractivity contribution >= 4 is 27.3 Å². The molecule has 0 fully saturated rings. The molecular formula is C12H12N2O4S2. The Morgan fingerprint density at radius 1 is 1.30 bits per heavy atom. The summed E-state index contributed by atoms with van der Waals surface area (Å²) < 4.78 is 31.0. The van der Waals surface area contributed by atoms with Crippen molar-refractivity contribution in [2.45, 2.75) is 11.8 Å². The quantitative estimate of drug-likeness (QED) is 0.926. The summed E-state index contributed by atoms with van der Waals surface area (Å²) in [5, 5.41) is 2.20. The van der Waals surface area contributed by atoms with E-state index in [0.29, 0.717) is 10.8 Å². The van der Waals surface area contributed by atoms with Crippen molar-refractivity contribution in [1.29, 1.82) is 0 Å². The third kappa shape index (κ3) is 3.14. The van der Waals surface area contributed by atoms with E-state index in [2.05, 4.69) is 4.98 Å². The Hall–Kier alpha value is -1.93. The highest BCUT2D eigenvalue weighted by molar-refractivity contribution is 7.90. The van der Waals surface area contributed by atoms with Crippen molar-refractivity contribution in [2.75, 3.05) is 7.11 Å². The van der Waals surface area contributed by atoms with Gasteiger partial charge in [-0.15, -0.1) is 11.3 Å². The van der Waals surface area contributed by atoms with Crippen LogP contribution in [0.15, 0.2) is 34.5 Å². The molecule has 106 valence electrons. The molecule has 0 unspecified atom stereocenters. The third-order valence-corrected chi connectivity index (χ3v) is 4.57. The van der Waals surface area contributed by atoms with Gasteiger partial charge in [-0.3, -0.25) is 4.79 Å². The number of aryl methyl sites for hydroxylation is 1. The zero-order valence-corrected chi connectivity index (χ0v) is 12.4. The van der Waals surface area contributed by atoms with Crippen molar-refractivity contribution in [3.63, 3.8) is 0 Å². The maximum absolute atomic E-state index is 12.0. The summed E-state index contributed by atoms with van der Waals surface area (Å²) in [7, 11) is -2.43. The molecule has 20 heavy (non-hydrogen) atoms. The molecule has 1 amide bonds. The first-order chi connectivity index (χ1) is 9.42. The number of sulfonamides is 1. The Balaban J connectivity index is 2.20. The topological polar surface area (TPSA) is 85.4 Å². The van der Waals surface area contributed by atoms with Crippen LogP contribution in [0.4, 0.5) is 0 Å². The van der Waals surface area contributed by atoms with Gasteiger partial charge in [-0.2, -0.15) is 0 Å². The summed E-state index contributed by atoms with van der Waals surface area (Å²) in [6.45, 7) is 1.74. The van der Waals surface area contributed by atoms with Gasteiger partial charge in [-0.05, 0) is 31.2 Å². The fourth-order valence-electron chi connectivity index (χ4n) is 1.46. The van der Waals surface area contributed by atoms with E-state index >= 15 is 0 Å². The first kappa shape index (κ1) is 14.5. The van der Waals surface area contributed by atoms with Crippen molar-refractivity contribution in [3.8, 4) is 5.75 Å². The Morgan fingerprint density at radius 3 is 2.45 bits per heavy atom. The molecule has 1 aromatic heterocycles. The number of amides is 1. The van der Waals surface area contributed by atoms with Gasteiger partial charge in [0.15, 0.2) is 0 Å². The second-order valence-corrected chi connectivity index (χ2v) is 6.61. The molecule has 0 bridgehead atoms. The molecule has 0 spiro atoms. The highest BCUT2D eigenvalue weighted by atomic mass is 32.2. The monoisotopic (exact) mass is 312 g/mol. The predicted octanol–water partition coefficient (Wildman–Crippen LogP) is 1.58. The second kappa shape index (κ2) is 5.59. The molecule has 2 aromatic rings. The Bertz CT molecular complexity index is 720. The van der Waals surface area contributed by atoms with Crippen LogP contribution >= 0.6 is 11.3 Å². The van der Waals surface area contributed by atoms with E-state index in [0.717, 1.165) is 0 Å². The van der Waals surface area contributed by atoms with Crippen LogP contribution in [0.3, 0.4) is 0 Å². The summed E-state index contributed by atoms with van der Waals surface area (Å²) in [5.74, 6) is -0.212. The first-order valence-electron chi connectivity index (χ1n) is 5.56. The van der Waals surface area contributed by atoms with Gasteiger partial charge in [0.25, 0.3) is 15.9 Å². The van der Waals surface area contributed by atoms with Gasteiger partial charge in [-0.1, -0.05) is 0 Å². The second-order valence-electron chi connectivity index (χ2n) is 3.86. The molecule has 0 saturated heterocycles. The summed E-state index contributed by atoms with van der Waals surface area (Å²) in [4.78, 5) is 15.7. The van der Waals surface area contributed by atoms with Crippen LogP contribution in [0.5, 0.6) is 5.75 Å². The highest BCUT2D eigenvalue weighted by Crippen LogP contribution is 2.16. The van der Waals surface area contributed by atoms with E-state index in [4.69, 9.17) is 4.74 Å². The average molecular weight is 312 g/mol. The van der Waals surface area contributed by atoms with Crippen LogP contribution in [0.2, 0.25) is 0 Å². The van der Waals surface area contributed by atoms with Gasteiger partial charge in [0.1, 0.15) is 11.4 Å². The van der Waals surface area contributed by atoms with Crippen LogP contribution in [0, 0.1) is 6.92 Å². The minimum Gasteiger partial charge on any atom is -0.497 e. The lowest BCUT2D eigenvalue weighted by atomic mass is 10.3. The van der Waals surface area contributed by atoms with Crippen LogP contribution < -0.4 is 9.46 Å². The zero-order valence-electron chi connectivity index (χ0n) is 10.8. The normalized spacial score (nSPS) is 11.1. The van der Waals surface area contributed by atoms with E-state index in [1.165, 1.54) is 48.1 Å². The third-order valence-electron chi connectivity index (χ3n) is 2.45. The van der Waals surface area contributed by atoms with Crippen molar-refractivity contribution in [3.05, 3.63) is 40.3 Å². The number of hydrogen-bond donors (Lipinski definition) is 1. The van der Waals surface area contributed by atoms with Crippen LogP contribution in [-0.4, -0.2) is 26.4 Å². The summed E-state index contributed by atoms with van der Waals surface area (Å²) in [6, 6.07) is 5.74. The number of thiazole rings is 1. The van der Waals surface area contributed by atoms with Gasteiger partial charge in [0, 0.05) is 5.38 Å². The Morgan fingerprint density at radius 2 is 1.95 bits per heavy atom. The number of hydrogen-bond acceptors (Lipinski definition) is 6. The van der Waals surface area contributed by atoms with E-state index in [-0.39, 0.29) is 10.6 Å². The van der Waals surface area contributed by atoms with Crippen molar-refractivity contribution in [1.82, 2.24) is 9.71 Å². The Labute approximate surface area is 120 Å². The predicted molar refractivity (Wildman–Crippen MR) is 74.5 cm³/mol. The maximum atomic E-state index is 12.0. The molecule has 1 N–H and O–H groups in total. The van der Waals surface area contributed by atoms with Crippen molar-refractivity contribution in [2.24, 2.45) is 0 Å². The number of carbonyl (C=O) groups is 1. The number of rotatable bonds is 4. The lowest BCUT2D eigenvalue weighted by molar-refractivity contribution is 0.0977. The minimum absolute atomic E-state index is 0.0152. The van der Waals surface area contributed by atoms with Gasteiger partial charge in [-0.25, -0.2) is 18.1 Å². The van der Waals surface area contributed by atoms with E-state index in [9.17, 15) is 13.2 Å². The van der Waals surface area contributed by atoms with E-state index in [1.54, 1.807) is 6.92 Å². The standard InChI is InChI=1S/C12H12N2O4S2/c1-8-13-11(7-19-8)12(15)14-20(16,17)10-5-3-9(18-2)4-6-10/h3-7H,1-2H3,(H,14,15). The lowest BCUT2D eigenvalue weighted by Crippen LogP contribution is -2.30. The number of benzene rings is 1. The number of aromatic nitrogens is 1. The first-order valence-corrected chi connectivity index (χ1v) is 7.92. The number of ether oxygens (including phenoxy) is 1. The molecule has 1 heterocycles. The fraction of sp³-hybridized carbons (Fsp3) is 0.167.